The molecule has 1 N–H and O–H groups in total. The van der Waals surface area contributed by atoms with Gasteiger partial charge in [0.25, 0.3) is 6.47 Å². The van der Waals surface area contributed by atoms with E-state index < -0.39 is 0 Å². The van der Waals surface area contributed by atoms with Crippen molar-refractivity contribution in [3.05, 3.63) is 5.82 Å². The van der Waals surface area contributed by atoms with Gasteiger partial charge in [-0.3, -0.25) is 4.79 Å². The van der Waals surface area contributed by atoms with Gasteiger partial charge in [0.2, 0.25) is 0 Å². The van der Waals surface area contributed by atoms with E-state index >= 15 is 0 Å². The molecule has 1 heterocycles. The Bertz CT molecular complexity index is 195. The number of tetrazole rings is 1. The summed E-state index contributed by atoms with van der Waals surface area (Å²) in [7, 11) is 0. The number of ether oxygens (including phenoxy) is 1. The van der Waals surface area contributed by atoms with Crippen LogP contribution in [0.1, 0.15) is 7.25 Å². The van der Waals surface area contributed by atoms with Gasteiger partial charge < -0.3 is 6.16 Å². The van der Waals surface area contributed by atoms with Crippen molar-refractivity contribution < 1.29 is 40.5 Å². The second kappa shape index (κ2) is 6.26. The van der Waals surface area contributed by atoms with Crippen molar-refractivity contribution in [2.24, 2.45) is 0 Å². The average molecular weight is 166 g/mol. The van der Waals surface area contributed by atoms with Gasteiger partial charge in [0.1, 0.15) is 0 Å². The number of H-pyrrole nitrogens is 1. The van der Waals surface area contributed by atoms with E-state index in [1.807, 2.05) is 0 Å². The van der Waals surface area contributed by atoms with Gasteiger partial charge in [0, 0.05) is 6.42 Å². The van der Waals surface area contributed by atoms with E-state index in [9.17, 15) is 4.79 Å². The van der Waals surface area contributed by atoms with Gasteiger partial charge in [0.05, 0.1) is 6.61 Å². The summed E-state index contributed by atoms with van der Waals surface area (Å²) in [5.74, 6) is 0.543. The largest absolute Gasteiger partial charge is 1.00 e. The summed E-state index contributed by atoms with van der Waals surface area (Å²) in [6.45, 7) is 0.684. The summed E-state index contributed by atoms with van der Waals surface area (Å²) in [6, 6.07) is 0. The Morgan fingerprint density at radius 2 is 2.55 bits per heavy atom. The first-order valence-electron chi connectivity index (χ1n) is 2.71. The van der Waals surface area contributed by atoms with Crippen molar-refractivity contribution >= 4 is 6.47 Å². The molecule has 0 atom stereocenters. The molecule has 0 saturated heterocycles. The van der Waals surface area contributed by atoms with E-state index in [1.165, 1.54) is 0 Å². The van der Waals surface area contributed by atoms with Crippen LogP contribution in [-0.2, 0) is 16.0 Å². The molecule has 0 aromatic carbocycles. The van der Waals surface area contributed by atoms with E-state index in [-0.39, 0.29) is 31.0 Å². The third-order valence-corrected chi connectivity index (χ3v) is 0.901. The minimum absolute atomic E-state index is 0. The number of carbonyl (C=O) groups excluding carboxylic acids is 1. The maximum absolute atomic E-state index is 9.65. The van der Waals surface area contributed by atoms with Crippen LogP contribution in [0.15, 0.2) is 0 Å². The molecule has 0 aliphatic heterocycles. The third kappa shape index (κ3) is 4.07. The standard InChI is InChI=1S/C4H6N4O2.Na.H/c9-3-10-2-1-4-5-7-8-6-4;;/h3H,1-2H2,(H,5,6,7,8);;/q;+1;-1. The van der Waals surface area contributed by atoms with Gasteiger partial charge in [-0.05, 0) is 0 Å². The molecule has 0 spiro atoms. The summed E-state index contributed by atoms with van der Waals surface area (Å²) in [6.07, 6.45) is 0.495. The number of hydrogen-bond acceptors (Lipinski definition) is 5. The molecule has 7 heteroatoms. The van der Waals surface area contributed by atoms with E-state index in [0.717, 1.165) is 0 Å². The zero-order valence-electron chi connectivity index (χ0n) is 7.15. The fourth-order valence-corrected chi connectivity index (χ4v) is 0.487. The molecule has 6 nitrogen and oxygen atoms in total. The van der Waals surface area contributed by atoms with E-state index in [0.29, 0.717) is 25.3 Å². The summed E-state index contributed by atoms with van der Waals surface area (Å²) >= 11 is 0. The SMILES string of the molecule is O=COCCc1nn[nH]n1.[H-].[Na+]. The third-order valence-electron chi connectivity index (χ3n) is 0.901. The van der Waals surface area contributed by atoms with Crippen LogP contribution in [0.2, 0.25) is 0 Å². The van der Waals surface area contributed by atoms with Crippen LogP contribution in [0.5, 0.6) is 0 Å². The number of rotatable bonds is 4. The fourth-order valence-electron chi connectivity index (χ4n) is 0.487. The molecule has 0 bridgehead atoms. The minimum atomic E-state index is 0. The van der Waals surface area contributed by atoms with Crippen molar-refractivity contribution in [3.63, 3.8) is 0 Å². The van der Waals surface area contributed by atoms with Crippen molar-refractivity contribution in [2.75, 3.05) is 6.61 Å². The minimum Gasteiger partial charge on any atom is -1.00 e. The number of aromatic nitrogens is 4. The van der Waals surface area contributed by atoms with Crippen LogP contribution in [0.3, 0.4) is 0 Å². The fraction of sp³-hybridized carbons (Fsp3) is 0.500. The topological polar surface area (TPSA) is 80.8 Å². The first-order chi connectivity index (χ1) is 4.93. The van der Waals surface area contributed by atoms with Crippen molar-refractivity contribution in [1.29, 1.82) is 0 Å². The Hall–Kier alpha value is -0.460. The second-order valence-corrected chi connectivity index (χ2v) is 1.55. The first kappa shape index (κ1) is 10.5. The number of hydrogen-bond donors (Lipinski definition) is 1. The Morgan fingerprint density at radius 3 is 3.09 bits per heavy atom. The average Bonchev–Trinajstić information content (AvgIpc) is 2.41. The Balaban J connectivity index is 0. The van der Waals surface area contributed by atoms with Crippen LogP contribution in [0.4, 0.5) is 0 Å². The Morgan fingerprint density at radius 1 is 1.73 bits per heavy atom. The van der Waals surface area contributed by atoms with Crippen LogP contribution >= 0.6 is 0 Å². The van der Waals surface area contributed by atoms with Gasteiger partial charge in [-0.15, -0.1) is 10.2 Å². The maximum Gasteiger partial charge on any atom is 1.00 e. The number of carbonyl (C=O) groups is 1. The molecule has 0 unspecified atom stereocenters. The molecule has 1 rings (SSSR count). The van der Waals surface area contributed by atoms with Crippen LogP contribution in [-0.4, -0.2) is 33.7 Å². The maximum atomic E-state index is 9.65. The molecule has 0 aliphatic carbocycles. The molecular formula is C4H7N4NaO2. The molecule has 0 fully saturated rings. The number of nitrogens with zero attached hydrogens (tertiary/aromatic N) is 3. The molecular weight excluding hydrogens is 159 g/mol. The van der Waals surface area contributed by atoms with Gasteiger partial charge in [-0.1, -0.05) is 5.21 Å². The predicted molar refractivity (Wildman–Crippen MR) is 31.0 cm³/mol. The van der Waals surface area contributed by atoms with Crippen LogP contribution < -0.4 is 29.6 Å². The smallest absolute Gasteiger partial charge is 1.00 e. The second-order valence-electron chi connectivity index (χ2n) is 1.55. The van der Waals surface area contributed by atoms with Gasteiger partial charge in [0.15, 0.2) is 5.82 Å². The zero-order valence-corrected chi connectivity index (χ0v) is 8.15. The van der Waals surface area contributed by atoms with Gasteiger partial charge in [-0.2, -0.15) is 5.21 Å². The Labute approximate surface area is 86.5 Å². The number of aromatic amines is 1. The van der Waals surface area contributed by atoms with E-state index in [4.69, 9.17) is 0 Å². The molecule has 1 aromatic rings. The predicted octanol–water partition coefficient (Wildman–Crippen LogP) is -3.97. The van der Waals surface area contributed by atoms with Gasteiger partial charge >= 0.3 is 29.6 Å². The summed E-state index contributed by atoms with van der Waals surface area (Å²) in [5, 5.41) is 12.9. The van der Waals surface area contributed by atoms with Gasteiger partial charge in [-0.25, -0.2) is 0 Å². The summed E-state index contributed by atoms with van der Waals surface area (Å²) < 4.78 is 4.40. The molecule has 0 saturated carbocycles. The summed E-state index contributed by atoms with van der Waals surface area (Å²) in [4.78, 5) is 9.65. The van der Waals surface area contributed by atoms with Crippen molar-refractivity contribution in [3.8, 4) is 0 Å². The van der Waals surface area contributed by atoms with Crippen LogP contribution in [0.25, 0.3) is 0 Å². The summed E-state index contributed by atoms with van der Waals surface area (Å²) in [5.41, 5.74) is 0. The molecule has 1 aromatic heterocycles. The Kier molecular flexibility index (Phi) is 6.00. The normalized spacial score (nSPS) is 8.36. The number of nitrogens with one attached hydrogen (secondary N) is 1. The quantitative estimate of drug-likeness (QED) is 0.280. The van der Waals surface area contributed by atoms with Crippen molar-refractivity contribution in [2.45, 2.75) is 6.42 Å². The molecule has 0 radical (unpaired) electrons. The van der Waals surface area contributed by atoms with E-state index in [2.05, 4.69) is 25.4 Å². The molecule has 0 amide bonds. The molecule has 56 valence electrons. The first-order valence-corrected chi connectivity index (χ1v) is 2.71. The molecule has 11 heavy (non-hydrogen) atoms. The zero-order chi connectivity index (χ0) is 7.23. The van der Waals surface area contributed by atoms with E-state index in [1.54, 1.807) is 0 Å². The monoisotopic (exact) mass is 166 g/mol. The molecule has 0 aliphatic rings. The van der Waals surface area contributed by atoms with Crippen LogP contribution in [0, 0.1) is 0 Å². The van der Waals surface area contributed by atoms with Crippen molar-refractivity contribution in [1.82, 2.24) is 20.6 Å².